The molecule has 0 saturated carbocycles. The van der Waals surface area contributed by atoms with Crippen molar-refractivity contribution in [3.8, 4) is 5.75 Å². The number of benzene rings is 1. The zero-order chi connectivity index (χ0) is 13.8. The highest BCUT2D eigenvalue weighted by Gasteiger charge is 2.10. The molecular weight excluding hydrogens is 268 g/mol. The first-order valence-electron chi connectivity index (χ1n) is 5.40. The molecule has 0 aliphatic carbocycles. The van der Waals surface area contributed by atoms with E-state index in [0.717, 1.165) is 0 Å². The molecule has 0 radical (unpaired) electrons. The molecule has 0 aliphatic heterocycles. The minimum absolute atomic E-state index is 0.148. The van der Waals surface area contributed by atoms with Crippen molar-refractivity contribution in [3.63, 3.8) is 0 Å². The van der Waals surface area contributed by atoms with E-state index < -0.39 is 5.97 Å². The maximum absolute atomic E-state index is 11.0. The predicted molar refractivity (Wildman–Crippen MR) is 72.5 cm³/mol. The van der Waals surface area contributed by atoms with E-state index in [-0.39, 0.29) is 5.56 Å². The van der Waals surface area contributed by atoms with Crippen LogP contribution in [0.2, 0.25) is 5.02 Å². The highest BCUT2D eigenvalue weighted by atomic mass is 35.5. The number of anilines is 2. The molecule has 0 spiro atoms. The van der Waals surface area contributed by atoms with Crippen LogP contribution < -0.4 is 10.1 Å². The van der Waals surface area contributed by atoms with Crippen molar-refractivity contribution in [1.29, 1.82) is 0 Å². The second kappa shape index (κ2) is 5.58. The number of nitrogens with zero attached hydrogens (tertiary/aromatic N) is 1. The molecule has 0 unspecified atom stereocenters. The van der Waals surface area contributed by atoms with Crippen LogP contribution in [0.3, 0.4) is 0 Å². The molecule has 0 aliphatic rings. The quantitative estimate of drug-likeness (QED) is 0.899. The van der Waals surface area contributed by atoms with Crippen LogP contribution in [0, 0.1) is 0 Å². The molecule has 6 heteroatoms. The van der Waals surface area contributed by atoms with Gasteiger partial charge in [0.1, 0.15) is 11.6 Å². The molecule has 2 N–H and O–H groups in total. The van der Waals surface area contributed by atoms with Gasteiger partial charge in [0.2, 0.25) is 0 Å². The number of rotatable bonds is 4. The van der Waals surface area contributed by atoms with E-state index in [9.17, 15) is 4.79 Å². The highest BCUT2D eigenvalue weighted by molar-refractivity contribution is 6.33. The maximum Gasteiger partial charge on any atom is 0.335 e. The Hall–Kier alpha value is -2.27. The molecule has 98 valence electrons. The first-order chi connectivity index (χ1) is 9.11. The van der Waals surface area contributed by atoms with Gasteiger partial charge in [0, 0.05) is 6.20 Å². The summed E-state index contributed by atoms with van der Waals surface area (Å²) in [6, 6.07) is 7.89. The Morgan fingerprint density at radius 2 is 2.21 bits per heavy atom. The number of carboxylic acids is 1. The molecule has 0 fully saturated rings. The van der Waals surface area contributed by atoms with Crippen molar-refractivity contribution in [2.24, 2.45) is 0 Å². The van der Waals surface area contributed by atoms with E-state index in [1.165, 1.54) is 19.2 Å². The van der Waals surface area contributed by atoms with Crippen molar-refractivity contribution in [2.45, 2.75) is 0 Å². The summed E-state index contributed by atoms with van der Waals surface area (Å²) in [4.78, 5) is 15.0. The van der Waals surface area contributed by atoms with Gasteiger partial charge >= 0.3 is 5.97 Å². The molecular formula is C13H11ClN2O3. The average molecular weight is 279 g/mol. The van der Waals surface area contributed by atoms with Crippen LogP contribution in [-0.4, -0.2) is 23.2 Å². The summed E-state index contributed by atoms with van der Waals surface area (Å²) >= 11 is 5.99. The van der Waals surface area contributed by atoms with Crippen LogP contribution in [-0.2, 0) is 0 Å². The van der Waals surface area contributed by atoms with Gasteiger partial charge in [-0.25, -0.2) is 9.78 Å². The summed E-state index contributed by atoms with van der Waals surface area (Å²) in [5.41, 5.74) is 0.637. The van der Waals surface area contributed by atoms with E-state index >= 15 is 0 Å². The van der Waals surface area contributed by atoms with Crippen LogP contribution in [0.15, 0.2) is 36.5 Å². The summed E-state index contributed by atoms with van der Waals surface area (Å²) in [5, 5.41) is 12.4. The Labute approximate surface area is 114 Å². The van der Waals surface area contributed by atoms with Crippen molar-refractivity contribution < 1.29 is 14.6 Å². The molecule has 1 heterocycles. The van der Waals surface area contributed by atoms with Crippen molar-refractivity contribution in [1.82, 2.24) is 4.98 Å². The third kappa shape index (κ3) is 2.95. The highest BCUT2D eigenvalue weighted by Crippen LogP contribution is 2.30. The van der Waals surface area contributed by atoms with Crippen LogP contribution in [0.4, 0.5) is 11.5 Å². The number of methoxy groups -OCH3 is 1. The van der Waals surface area contributed by atoms with Gasteiger partial charge in [0.05, 0.1) is 23.4 Å². The lowest BCUT2D eigenvalue weighted by Gasteiger charge is -2.12. The monoisotopic (exact) mass is 278 g/mol. The SMILES string of the molecule is COc1ccc(C(=O)O)cc1Nc1ncccc1Cl. The first kappa shape index (κ1) is 13.2. The predicted octanol–water partition coefficient (Wildman–Crippen LogP) is 3.19. The number of halogens is 1. The normalized spacial score (nSPS) is 10.0. The van der Waals surface area contributed by atoms with Crippen LogP contribution in [0.5, 0.6) is 5.75 Å². The lowest BCUT2D eigenvalue weighted by Crippen LogP contribution is -2.01. The van der Waals surface area contributed by atoms with Crippen LogP contribution in [0.1, 0.15) is 10.4 Å². The second-order valence-electron chi connectivity index (χ2n) is 3.68. The van der Waals surface area contributed by atoms with Gasteiger partial charge in [-0.3, -0.25) is 0 Å². The third-order valence-electron chi connectivity index (χ3n) is 2.46. The van der Waals surface area contributed by atoms with Crippen molar-refractivity contribution in [3.05, 3.63) is 47.1 Å². The smallest absolute Gasteiger partial charge is 0.335 e. The molecule has 2 aromatic rings. The molecule has 1 aromatic carbocycles. The number of ether oxygens (including phenoxy) is 1. The summed E-state index contributed by atoms with van der Waals surface area (Å²) in [6.45, 7) is 0. The Bertz CT molecular complexity index is 617. The number of hydrogen-bond acceptors (Lipinski definition) is 4. The Kier molecular flexibility index (Phi) is 3.87. The summed E-state index contributed by atoms with van der Waals surface area (Å²) in [5.74, 6) is -0.0745. The van der Waals surface area contributed by atoms with Gasteiger partial charge in [-0.15, -0.1) is 0 Å². The van der Waals surface area contributed by atoms with E-state index in [2.05, 4.69) is 10.3 Å². The van der Waals surface area contributed by atoms with E-state index in [1.54, 1.807) is 24.4 Å². The van der Waals surface area contributed by atoms with E-state index in [0.29, 0.717) is 22.3 Å². The standard InChI is InChI=1S/C13H11ClN2O3/c1-19-11-5-4-8(13(17)18)7-10(11)16-12-9(14)3-2-6-15-12/h2-7H,1H3,(H,15,16)(H,17,18). The lowest BCUT2D eigenvalue weighted by molar-refractivity contribution is 0.0697. The fourth-order valence-corrected chi connectivity index (χ4v) is 1.71. The molecule has 0 atom stereocenters. The third-order valence-corrected chi connectivity index (χ3v) is 2.76. The van der Waals surface area contributed by atoms with Gasteiger partial charge in [-0.05, 0) is 30.3 Å². The Morgan fingerprint density at radius 3 is 2.84 bits per heavy atom. The summed E-state index contributed by atoms with van der Waals surface area (Å²) in [6.07, 6.45) is 1.59. The molecule has 2 rings (SSSR count). The van der Waals surface area contributed by atoms with E-state index in [1.807, 2.05) is 0 Å². The number of carboxylic acid groups (broad SMARTS) is 1. The molecule has 0 amide bonds. The topological polar surface area (TPSA) is 71.5 Å². The van der Waals surface area contributed by atoms with E-state index in [4.69, 9.17) is 21.4 Å². The largest absolute Gasteiger partial charge is 0.495 e. The summed E-state index contributed by atoms with van der Waals surface area (Å²) in [7, 11) is 1.50. The van der Waals surface area contributed by atoms with Gasteiger partial charge in [-0.1, -0.05) is 11.6 Å². The van der Waals surface area contributed by atoms with Gasteiger partial charge in [-0.2, -0.15) is 0 Å². The number of aromatic carboxylic acids is 1. The first-order valence-corrected chi connectivity index (χ1v) is 5.78. The fraction of sp³-hybridized carbons (Fsp3) is 0.0769. The molecule has 5 nitrogen and oxygen atoms in total. The minimum atomic E-state index is -1.02. The van der Waals surface area contributed by atoms with Crippen molar-refractivity contribution >= 4 is 29.1 Å². The number of pyridine rings is 1. The zero-order valence-corrected chi connectivity index (χ0v) is 10.8. The van der Waals surface area contributed by atoms with Crippen LogP contribution in [0.25, 0.3) is 0 Å². The molecule has 0 bridgehead atoms. The average Bonchev–Trinajstić information content (AvgIpc) is 2.41. The van der Waals surface area contributed by atoms with Crippen molar-refractivity contribution in [2.75, 3.05) is 12.4 Å². The number of nitrogens with one attached hydrogen (secondary N) is 1. The zero-order valence-electron chi connectivity index (χ0n) is 10.1. The number of aromatic nitrogens is 1. The maximum atomic E-state index is 11.0. The molecule has 0 saturated heterocycles. The summed E-state index contributed by atoms with van der Waals surface area (Å²) < 4.78 is 5.17. The Morgan fingerprint density at radius 1 is 1.42 bits per heavy atom. The molecule has 1 aromatic heterocycles. The number of hydrogen-bond donors (Lipinski definition) is 2. The minimum Gasteiger partial charge on any atom is -0.495 e. The van der Waals surface area contributed by atoms with Gasteiger partial charge in [0.15, 0.2) is 0 Å². The van der Waals surface area contributed by atoms with Crippen LogP contribution >= 0.6 is 11.6 Å². The Balaban J connectivity index is 2.40. The molecule has 19 heavy (non-hydrogen) atoms. The van der Waals surface area contributed by atoms with Gasteiger partial charge < -0.3 is 15.2 Å². The number of carbonyl (C=O) groups is 1. The van der Waals surface area contributed by atoms with Gasteiger partial charge in [0.25, 0.3) is 0 Å². The lowest BCUT2D eigenvalue weighted by atomic mass is 10.2. The second-order valence-corrected chi connectivity index (χ2v) is 4.09. The fourth-order valence-electron chi connectivity index (χ4n) is 1.54.